The van der Waals surface area contributed by atoms with Gasteiger partial charge in [0.2, 0.25) is 0 Å². The van der Waals surface area contributed by atoms with Crippen molar-refractivity contribution >= 4 is 5.69 Å². The summed E-state index contributed by atoms with van der Waals surface area (Å²) in [6.45, 7) is 2.22. The Morgan fingerprint density at radius 3 is 2.37 bits per heavy atom. The number of hydrogen-bond acceptors (Lipinski definition) is 2. The number of halogens is 2. The van der Waals surface area contributed by atoms with Gasteiger partial charge in [-0.15, -0.1) is 0 Å². The molecule has 4 heteroatoms. The highest BCUT2D eigenvalue weighted by Crippen LogP contribution is 2.21. The maximum Gasteiger partial charge on any atom is 0.126 e. The second-order valence-electron chi connectivity index (χ2n) is 4.50. The molecule has 0 aliphatic rings. The summed E-state index contributed by atoms with van der Waals surface area (Å²) in [7, 11) is 0. The van der Waals surface area contributed by atoms with Crippen molar-refractivity contribution in [3.05, 3.63) is 65.2 Å². The van der Waals surface area contributed by atoms with Gasteiger partial charge in [-0.3, -0.25) is 0 Å². The van der Waals surface area contributed by atoms with Crippen molar-refractivity contribution in [3.63, 3.8) is 0 Å². The van der Waals surface area contributed by atoms with E-state index in [2.05, 4.69) is 5.32 Å². The third-order valence-electron chi connectivity index (χ3n) is 2.88. The zero-order valence-corrected chi connectivity index (χ0v) is 10.7. The quantitative estimate of drug-likeness (QED) is 0.886. The van der Waals surface area contributed by atoms with Crippen LogP contribution in [0.2, 0.25) is 0 Å². The number of nitrogens with one attached hydrogen (secondary N) is 1. The first-order valence-electron chi connectivity index (χ1n) is 6.08. The Morgan fingerprint density at radius 2 is 1.79 bits per heavy atom. The van der Waals surface area contributed by atoms with Crippen LogP contribution in [-0.4, -0.2) is 6.54 Å². The number of anilines is 1. The van der Waals surface area contributed by atoms with E-state index in [4.69, 9.17) is 5.73 Å². The zero-order chi connectivity index (χ0) is 13.8. The van der Waals surface area contributed by atoms with E-state index in [1.807, 2.05) is 31.2 Å². The minimum Gasteiger partial charge on any atom is -0.377 e. The lowest BCUT2D eigenvalue weighted by molar-refractivity contribution is 0.576. The minimum atomic E-state index is -0.598. The second-order valence-corrected chi connectivity index (χ2v) is 4.50. The van der Waals surface area contributed by atoms with Crippen LogP contribution in [0.25, 0.3) is 0 Å². The Bertz CT molecular complexity index is 550. The molecule has 0 saturated carbocycles. The molecule has 0 radical (unpaired) electrons. The molecule has 1 atom stereocenters. The molecule has 0 amide bonds. The number of nitrogens with two attached hydrogens (primary N) is 1. The SMILES string of the molecule is Cc1cccc(NC(CN)c2cc(F)cc(F)c2)c1. The van der Waals surface area contributed by atoms with Crippen LogP contribution < -0.4 is 11.1 Å². The Labute approximate surface area is 111 Å². The first-order chi connectivity index (χ1) is 9.08. The number of rotatable bonds is 4. The average molecular weight is 262 g/mol. The van der Waals surface area contributed by atoms with Crippen LogP contribution in [0.4, 0.5) is 14.5 Å². The van der Waals surface area contributed by atoms with E-state index in [0.717, 1.165) is 17.3 Å². The number of benzene rings is 2. The molecule has 0 heterocycles. The van der Waals surface area contributed by atoms with Gasteiger partial charge in [-0.05, 0) is 42.3 Å². The summed E-state index contributed by atoms with van der Waals surface area (Å²) < 4.78 is 26.4. The maximum absolute atomic E-state index is 13.2. The lowest BCUT2D eigenvalue weighted by atomic mass is 10.1. The molecule has 2 nitrogen and oxygen atoms in total. The zero-order valence-electron chi connectivity index (χ0n) is 10.7. The predicted molar refractivity (Wildman–Crippen MR) is 73.0 cm³/mol. The summed E-state index contributed by atoms with van der Waals surface area (Å²) in [4.78, 5) is 0. The van der Waals surface area contributed by atoms with Crippen molar-refractivity contribution in [2.75, 3.05) is 11.9 Å². The first-order valence-corrected chi connectivity index (χ1v) is 6.08. The highest BCUT2D eigenvalue weighted by molar-refractivity contribution is 5.47. The molecule has 0 spiro atoms. The molecule has 0 aromatic heterocycles. The number of aryl methyl sites for hydroxylation is 1. The van der Waals surface area contributed by atoms with E-state index in [-0.39, 0.29) is 12.6 Å². The first kappa shape index (κ1) is 13.5. The molecule has 0 fully saturated rings. The fraction of sp³-hybridized carbons (Fsp3) is 0.200. The van der Waals surface area contributed by atoms with Gasteiger partial charge in [-0.25, -0.2) is 8.78 Å². The minimum absolute atomic E-state index is 0.247. The molecule has 0 saturated heterocycles. The van der Waals surface area contributed by atoms with Gasteiger partial charge in [0.25, 0.3) is 0 Å². The fourth-order valence-electron chi connectivity index (χ4n) is 1.99. The largest absolute Gasteiger partial charge is 0.377 e. The van der Waals surface area contributed by atoms with Gasteiger partial charge in [0.1, 0.15) is 11.6 Å². The topological polar surface area (TPSA) is 38.0 Å². The molecule has 0 bridgehead atoms. The molecule has 2 rings (SSSR count). The second kappa shape index (κ2) is 5.80. The molecule has 0 aliphatic heterocycles. The summed E-state index contributed by atoms with van der Waals surface area (Å²) in [6, 6.07) is 10.9. The van der Waals surface area contributed by atoms with E-state index in [9.17, 15) is 8.78 Å². The monoisotopic (exact) mass is 262 g/mol. The van der Waals surface area contributed by atoms with E-state index >= 15 is 0 Å². The third-order valence-corrected chi connectivity index (χ3v) is 2.88. The van der Waals surface area contributed by atoms with Crippen LogP contribution in [0.5, 0.6) is 0 Å². The summed E-state index contributed by atoms with van der Waals surface area (Å²) in [6.07, 6.45) is 0. The molecule has 0 aliphatic carbocycles. The third kappa shape index (κ3) is 3.51. The van der Waals surface area contributed by atoms with Crippen molar-refractivity contribution < 1.29 is 8.78 Å². The Kier molecular flexibility index (Phi) is 4.12. The highest BCUT2D eigenvalue weighted by Gasteiger charge is 2.12. The van der Waals surface area contributed by atoms with Crippen molar-refractivity contribution in [2.45, 2.75) is 13.0 Å². The van der Waals surface area contributed by atoms with Crippen LogP contribution in [0.1, 0.15) is 17.2 Å². The molecular formula is C15H16F2N2. The van der Waals surface area contributed by atoms with Crippen molar-refractivity contribution in [1.29, 1.82) is 0 Å². The van der Waals surface area contributed by atoms with Crippen molar-refractivity contribution in [1.82, 2.24) is 0 Å². The molecule has 1 unspecified atom stereocenters. The molecule has 3 N–H and O–H groups in total. The molecule has 2 aromatic rings. The molecule has 100 valence electrons. The van der Waals surface area contributed by atoms with Gasteiger partial charge in [0.15, 0.2) is 0 Å². The Balaban J connectivity index is 2.24. The molecule has 19 heavy (non-hydrogen) atoms. The molecule has 2 aromatic carbocycles. The summed E-state index contributed by atoms with van der Waals surface area (Å²) in [5.74, 6) is -1.20. The van der Waals surface area contributed by atoms with Gasteiger partial charge >= 0.3 is 0 Å². The fourth-order valence-corrected chi connectivity index (χ4v) is 1.99. The standard InChI is InChI=1S/C15H16F2N2/c1-10-3-2-4-14(5-10)19-15(9-18)11-6-12(16)8-13(17)7-11/h2-8,15,19H,9,18H2,1H3. The smallest absolute Gasteiger partial charge is 0.126 e. The van der Waals surface area contributed by atoms with Crippen LogP contribution in [0, 0.1) is 18.6 Å². The lowest BCUT2D eigenvalue weighted by Gasteiger charge is -2.19. The van der Waals surface area contributed by atoms with Crippen molar-refractivity contribution in [3.8, 4) is 0 Å². The number of hydrogen-bond donors (Lipinski definition) is 2. The summed E-state index contributed by atoms with van der Waals surface area (Å²) >= 11 is 0. The van der Waals surface area contributed by atoms with E-state index in [1.54, 1.807) is 0 Å². The van der Waals surface area contributed by atoms with E-state index < -0.39 is 11.6 Å². The van der Waals surface area contributed by atoms with Gasteiger partial charge in [-0.1, -0.05) is 12.1 Å². The highest BCUT2D eigenvalue weighted by atomic mass is 19.1. The van der Waals surface area contributed by atoms with Crippen LogP contribution in [0.15, 0.2) is 42.5 Å². The summed E-state index contributed by atoms with van der Waals surface area (Å²) in [5, 5.41) is 3.18. The van der Waals surface area contributed by atoms with Crippen LogP contribution in [-0.2, 0) is 0 Å². The van der Waals surface area contributed by atoms with E-state index in [1.165, 1.54) is 12.1 Å². The van der Waals surface area contributed by atoms with Crippen LogP contribution >= 0.6 is 0 Å². The van der Waals surface area contributed by atoms with Crippen LogP contribution in [0.3, 0.4) is 0 Å². The van der Waals surface area contributed by atoms with Gasteiger partial charge in [0, 0.05) is 18.3 Å². The Morgan fingerprint density at radius 1 is 1.11 bits per heavy atom. The van der Waals surface area contributed by atoms with Gasteiger partial charge in [-0.2, -0.15) is 0 Å². The summed E-state index contributed by atoms with van der Waals surface area (Å²) in [5.41, 5.74) is 8.16. The lowest BCUT2D eigenvalue weighted by Crippen LogP contribution is -2.21. The van der Waals surface area contributed by atoms with E-state index in [0.29, 0.717) is 5.56 Å². The predicted octanol–water partition coefficient (Wildman–Crippen LogP) is 3.39. The van der Waals surface area contributed by atoms with Gasteiger partial charge < -0.3 is 11.1 Å². The Hall–Kier alpha value is -1.94. The average Bonchev–Trinajstić information content (AvgIpc) is 2.34. The maximum atomic E-state index is 13.2. The van der Waals surface area contributed by atoms with Crippen molar-refractivity contribution in [2.24, 2.45) is 5.73 Å². The van der Waals surface area contributed by atoms with Gasteiger partial charge in [0.05, 0.1) is 6.04 Å². The normalized spacial score (nSPS) is 12.2. The molecular weight excluding hydrogens is 246 g/mol.